The van der Waals surface area contributed by atoms with E-state index in [-0.39, 0.29) is 11.3 Å². The second-order valence-corrected chi connectivity index (χ2v) is 3.58. The van der Waals surface area contributed by atoms with Gasteiger partial charge < -0.3 is 5.73 Å². The van der Waals surface area contributed by atoms with Crippen LogP contribution in [-0.4, -0.2) is 5.78 Å². The highest BCUT2D eigenvalue weighted by Crippen LogP contribution is 2.19. The van der Waals surface area contributed by atoms with Gasteiger partial charge in [-0.3, -0.25) is 4.79 Å². The average Bonchev–Trinajstić information content (AvgIpc) is 1.96. The molecule has 0 heterocycles. The van der Waals surface area contributed by atoms with E-state index in [0.29, 0.717) is 9.26 Å². The van der Waals surface area contributed by atoms with Crippen molar-refractivity contribution in [1.29, 1.82) is 0 Å². The van der Waals surface area contributed by atoms with Crippen molar-refractivity contribution < 1.29 is 9.18 Å². The first-order valence-electron chi connectivity index (χ1n) is 3.28. The van der Waals surface area contributed by atoms with Crippen LogP contribution in [0.15, 0.2) is 12.1 Å². The number of ketones is 1. The van der Waals surface area contributed by atoms with Gasteiger partial charge in [0.05, 0.1) is 9.13 Å². The van der Waals surface area contributed by atoms with Crippen molar-refractivity contribution >= 4 is 34.1 Å². The third kappa shape index (κ3) is 1.74. The van der Waals surface area contributed by atoms with Gasteiger partial charge in [0.1, 0.15) is 5.82 Å². The van der Waals surface area contributed by atoms with Crippen molar-refractivity contribution in [3.05, 3.63) is 27.1 Å². The van der Waals surface area contributed by atoms with Gasteiger partial charge in [0.25, 0.3) is 0 Å². The van der Waals surface area contributed by atoms with E-state index >= 15 is 0 Å². The van der Waals surface area contributed by atoms with Crippen LogP contribution >= 0.6 is 22.6 Å². The Bertz CT molecular complexity index is 338. The Labute approximate surface area is 83.1 Å². The summed E-state index contributed by atoms with van der Waals surface area (Å²) in [7, 11) is 0. The minimum absolute atomic E-state index is 0.0550. The molecule has 1 aromatic carbocycles. The van der Waals surface area contributed by atoms with Crippen LogP contribution in [0.1, 0.15) is 17.3 Å². The lowest BCUT2D eigenvalue weighted by Gasteiger charge is -2.02. The highest BCUT2D eigenvalue weighted by molar-refractivity contribution is 14.1. The molecular weight excluding hydrogens is 272 g/mol. The Hall–Kier alpha value is -0.650. The molecule has 0 radical (unpaired) electrons. The maximum absolute atomic E-state index is 13.1. The number of Topliss-reactive ketones (excluding diaryl/α,β-unsaturated/α-hetero) is 1. The van der Waals surface area contributed by atoms with Crippen molar-refractivity contribution in [1.82, 2.24) is 0 Å². The van der Waals surface area contributed by atoms with Crippen molar-refractivity contribution in [2.75, 3.05) is 5.73 Å². The van der Waals surface area contributed by atoms with Crippen LogP contribution in [0.2, 0.25) is 0 Å². The second kappa shape index (κ2) is 3.38. The number of nitrogens with two attached hydrogens (primary N) is 1. The van der Waals surface area contributed by atoms with E-state index in [0.717, 1.165) is 0 Å². The second-order valence-electron chi connectivity index (χ2n) is 2.42. The summed E-state index contributed by atoms with van der Waals surface area (Å²) in [5.41, 5.74) is 5.91. The lowest BCUT2D eigenvalue weighted by molar-refractivity contribution is 0.101. The Balaban J connectivity index is 3.37. The number of rotatable bonds is 1. The standard InChI is InChI=1S/C8H7FINO/c1-4(12)6-2-5(11)3-7(10)8(6)9/h2-3H,11H2,1H3. The minimum atomic E-state index is -0.489. The predicted octanol–water partition coefficient (Wildman–Crippen LogP) is 2.22. The molecular formula is C8H7FINO. The number of carbonyl (C=O) groups is 1. The zero-order valence-electron chi connectivity index (χ0n) is 6.40. The molecule has 0 amide bonds. The molecule has 0 aliphatic rings. The monoisotopic (exact) mass is 279 g/mol. The maximum Gasteiger partial charge on any atom is 0.162 e. The summed E-state index contributed by atoms with van der Waals surface area (Å²) in [6.45, 7) is 1.31. The number of benzene rings is 1. The lowest BCUT2D eigenvalue weighted by atomic mass is 10.1. The number of carbonyl (C=O) groups excluding carboxylic acids is 1. The summed E-state index contributed by atoms with van der Waals surface area (Å²) in [5.74, 6) is -0.796. The summed E-state index contributed by atoms with van der Waals surface area (Å²) in [5, 5.41) is 0. The molecule has 0 atom stereocenters. The first-order valence-corrected chi connectivity index (χ1v) is 4.35. The molecule has 0 bridgehead atoms. The van der Waals surface area contributed by atoms with E-state index in [2.05, 4.69) is 0 Å². The number of hydrogen-bond donors (Lipinski definition) is 1. The zero-order chi connectivity index (χ0) is 9.30. The molecule has 2 N–H and O–H groups in total. The molecule has 2 nitrogen and oxygen atoms in total. The Morgan fingerprint density at radius 1 is 1.58 bits per heavy atom. The quantitative estimate of drug-likeness (QED) is 0.486. The Morgan fingerprint density at radius 2 is 2.17 bits per heavy atom. The zero-order valence-corrected chi connectivity index (χ0v) is 8.55. The fourth-order valence-electron chi connectivity index (χ4n) is 0.866. The fourth-order valence-corrected chi connectivity index (χ4v) is 1.52. The summed E-state index contributed by atoms with van der Waals surface area (Å²) < 4.78 is 13.5. The van der Waals surface area contributed by atoms with E-state index in [9.17, 15) is 9.18 Å². The summed E-state index contributed by atoms with van der Waals surface area (Å²) in [6.07, 6.45) is 0. The van der Waals surface area contributed by atoms with Crippen molar-refractivity contribution in [3.63, 3.8) is 0 Å². The molecule has 0 aliphatic carbocycles. The van der Waals surface area contributed by atoms with Gasteiger partial charge in [0.15, 0.2) is 5.78 Å². The first kappa shape index (κ1) is 9.44. The van der Waals surface area contributed by atoms with E-state index in [1.54, 1.807) is 22.6 Å². The molecule has 1 aromatic rings. The third-order valence-electron chi connectivity index (χ3n) is 1.43. The molecule has 0 saturated heterocycles. The Morgan fingerprint density at radius 3 is 2.67 bits per heavy atom. The molecule has 1 rings (SSSR count). The summed E-state index contributed by atoms with van der Waals surface area (Å²) >= 11 is 1.80. The highest BCUT2D eigenvalue weighted by Gasteiger charge is 2.10. The fraction of sp³-hybridized carbons (Fsp3) is 0.125. The summed E-state index contributed by atoms with van der Waals surface area (Å²) in [6, 6.07) is 2.84. The van der Waals surface area contributed by atoms with E-state index in [1.807, 2.05) is 0 Å². The van der Waals surface area contributed by atoms with Crippen molar-refractivity contribution in [2.24, 2.45) is 0 Å². The Kier molecular flexibility index (Phi) is 2.66. The molecule has 4 heteroatoms. The lowest BCUT2D eigenvalue weighted by Crippen LogP contribution is -2.01. The van der Waals surface area contributed by atoms with Crippen LogP contribution in [0, 0.1) is 9.39 Å². The van der Waals surface area contributed by atoms with Crippen LogP contribution in [-0.2, 0) is 0 Å². The molecule has 64 valence electrons. The van der Waals surface area contributed by atoms with Crippen LogP contribution in [0.4, 0.5) is 10.1 Å². The van der Waals surface area contributed by atoms with Crippen molar-refractivity contribution in [2.45, 2.75) is 6.92 Å². The topological polar surface area (TPSA) is 43.1 Å². The molecule has 0 aliphatic heterocycles. The molecule has 0 unspecified atom stereocenters. The number of hydrogen-bond acceptors (Lipinski definition) is 2. The summed E-state index contributed by atoms with van der Waals surface area (Å²) in [4.78, 5) is 10.9. The molecule has 0 spiro atoms. The van der Waals surface area contributed by atoms with Crippen molar-refractivity contribution in [3.8, 4) is 0 Å². The molecule has 0 saturated carbocycles. The van der Waals surface area contributed by atoms with E-state index < -0.39 is 5.82 Å². The number of anilines is 1. The smallest absolute Gasteiger partial charge is 0.162 e. The third-order valence-corrected chi connectivity index (χ3v) is 2.21. The largest absolute Gasteiger partial charge is 0.399 e. The van der Waals surface area contributed by atoms with Gasteiger partial charge in [-0.2, -0.15) is 0 Å². The molecule has 0 fully saturated rings. The minimum Gasteiger partial charge on any atom is -0.399 e. The van der Waals surface area contributed by atoms with Crippen LogP contribution in [0.3, 0.4) is 0 Å². The van der Waals surface area contributed by atoms with Crippen LogP contribution in [0.25, 0.3) is 0 Å². The van der Waals surface area contributed by atoms with Gasteiger partial charge in [-0.05, 0) is 41.6 Å². The van der Waals surface area contributed by atoms with Crippen LogP contribution in [0.5, 0.6) is 0 Å². The number of nitrogen functional groups attached to an aromatic ring is 1. The maximum atomic E-state index is 13.1. The van der Waals surface area contributed by atoms with Gasteiger partial charge in [-0.15, -0.1) is 0 Å². The van der Waals surface area contributed by atoms with E-state index in [4.69, 9.17) is 5.73 Å². The van der Waals surface area contributed by atoms with Gasteiger partial charge in [0.2, 0.25) is 0 Å². The molecule has 0 aromatic heterocycles. The van der Waals surface area contributed by atoms with Gasteiger partial charge >= 0.3 is 0 Å². The average molecular weight is 279 g/mol. The number of halogens is 2. The van der Waals surface area contributed by atoms with Gasteiger partial charge in [0, 0.05) is 5.69 Å². The predicted molar refractivity (Wildman–Crippen MR) is 53.5 cm³/mol. The van der Waals surface area contributed by atoms with E-state index in [1.165, 1.54) is 19.1 Å². The molecule has 12 heavy (non-hydrogen) atoms. The van der Waals surface area contributed by atoms with Gasteiger partial charge in [-0.1, -0.05) is 0 Å². The normalized spacial score (nSPS) is 9.92. The first-order chi connectivity index (χ1) is 5.52. The van der Waals surface area contributed by atoms with Crippen LogP contribution < -0.4 is 5.73 Å². The highest BCUT2D eigenvalue weighted by atomic mass is 127. The SMILES string of the molecule is CC(=O)c1cc(N)cc(I)c1F. The van der Waals surface area contributed by atoms with Gasteiger partial charge in [-0.25, -0.2) is 4.39 Å².